The van der Waals surface area contributed by atoms with Crippen LogP contribution in [0.15, 0.2) is 60.0 Å². The number of carboxylic acids is 1. The van der Waals surface area contributed by atoms with Crippen LogP contribution in [0.4, 0.5) is 0 Å². The zero-order chi connectivity index (χ0) is 23.8. The second-order valence-corrected chi connectivity index (χ2v) is 9.27. The van der Waals surface area contributed by atoms with E-state index in [9.17, 15) is 23.1 Å². The Labute approximate surface area is 192 Å². The van der Waals surface area contributed by atoms with E-state index in [0.717, 1.165) is 29.8 Å². The zero-order valence-corrected chi connectivity index (χ0v) is 18.9. The van der Waals surface area contributed by atoms with Crippen LogP contribution in [0.1, 0.15) is 24.0 Å². The number of rotatable bonds is 11. The van der Waals surface area contributed by atoms with Crippen LogP contribution in [0.5, 0.6) is 5.75 Å². The predicted molar refractivity (Wildman–Crippen MR) is 123 cm³/mol. The van der Waals surface area contributed by atoms with E-state index in [1.807, 2.05) is 18.2 Å². The first kappa shape index (κ1) is 24.3. The van der Waals surface area contributed by atoms with Gasteiger partial charge in [-0.1, -0.05) is 24.8 Å². The van der Waals surface area contributed by atoms with Crippen LogP contribution in [0, 0.1) is 0 Å². The Hall–Kier alpha value is -3.37. The van der Waals surface area contributed by atoms with E-state index in [2.05, 4.69) is 21.9 Å². The predicted octanol–water partition coefficient (Wildman–Crippen LogP) is 1.51. The summed E-state index contributed by atoms with van der Waals surface area (Å²) in [6, 6.07) is 11.7. The van der Waals surface area contributed by atoms with Gasteiger partial charge in [0.05, 0.1) is 11.5 Å². The molecule has 0 bridgehead atoms. The number of hydrogen-bond donors (Lipinski definition) is 4. The highest BCUT2D eigenvalue weighted by Gasteiger charge is 2.25. The number of carbonyl (C=O) groups is 2. The van der Waals surface area contributed by atoms with Gasteiger partial charge in [0, 0.05) is 30.8 Å². The number of fused-ring (bicyclic) bond motifs is 1. The fraction of sp³-hybridized carbons (Fsp3) is 0.304. The standard InChI is InChI=1S/C23H27N3O6S/c1-16-20-10-9-18(14-17(20)11-12-24-16)32-13-5-8-22(27)25-15-21(23(28)29)26-33(30,31)19-6-3-2-4-7-19/h2-4,6-7,9-10,14,21,24,26H,1,5,8,11-13,15H2,(H,25,27)(H,28,29). The van der Waals surface area contributed by atoms with Crippen molar-refractivity contribution in [2.24, 2.45) is 0 Å². The van der Waals surface area contributed by atoms with Gasteiger partial charge in [0.15, 0.2) is 0 Å². The summed E-state index contributed by atoms with van der Waals surface area (Å²) in [6.45, 7) is 4.75. The monoisotopic (exact) mass is 473 g/mol. The summed E-state index contributed by atoms with van der Waals surface area (Å²) in [7, 11) is -4.03. The van der Waals surface area contributed by atoms with Gasteiger partial charge in [-0.15, -0.1) is 0 Å². The highest BCUT2D eigenvalue weighted by Crippen LogP contribution is 2.25. The molecule has 1 aliphatic heterocycles. The Morgan fingerprint density at radius 3 is 2.67 bits per heavy atom. The third-order valence-electron chi connectivity index (χ3n) is 5.10. The summed E-state index contributed by atoms with van der Waals surface area (Å²) in [4.78, 5) is 23.5. The molecule has 1 unspecified atom stereocenters. The maximum absolute atomic E-state index is 12.3. The van der Waals surface area contributed by atoms with Crippen LogP contribution < -0.4 is 20.1 Å². The highest BCUT2D eigenvalue weighted by molar-refractivity contribution is 7.89. The van der Waals surface area contributed by atoms with Gasteiger partial charge in [0.2, 0.25) is 15.9 Å². The summed E-state index contributed by atoms with van der Waals surface area (Å²) >= 11 is 0. The Morgan fingerprint density at radius 1 is 1.18 bits per heavy atom. The Morgan fingerprint density at radius 2 is 1.94 bits per heavy atom. The fourth-order valence-electron chi connectivity index (χ4n) is 3.37. The lowest BCUT2D eigenvalue weighted by molar-refractivity contribution is -0.138. The minimum Gasteiger partial charge on any atom is -0.494 e. The first-order chi connectivity index (χ1) is 15.8. The molecule has 0 fully saturated rings. The average Bonchev–Trinajstić information content (AvgIpc) is 2.80. The number of hydrogen-bond acceptors (Lipinski definition) is 6. The summed E-state index contributed by atoms with van der Waals surface area (Å²) < 4.78 is 32.5. The molecule has 1 atom stereocenters. The molecular formula is C23H27N3O6S. The molecule has 0 radical (unpaired) electrons. The minimum atomic E-state index is -4.03. The van der Waals surface area contributed by atoms with Crippen molar-refractivity contribution in [3.05, 3.63) is 66.2 Å². The number of ether oxygens (including phenoxy) is 1. The van der Waals surface area contributed by atoms with E-state index in [-0.39, 0.29) is 17.9 Å². The molecule has 9 nitrogen and oxygen atoms in total. The molecule has 0 saturated carbocycles. The van der Waals surface area contributed by atoms with E-state index < -0.39 is 27.9 Å². The van der Waals surface area contributed by atoms with Gasteiger partial charge < -0.3 is 20.5 Å². The van der Waals surface area contributed by atoms with Crippen molar-refractivity contribution in [2.75, 3.05) is 19.7 Å². The average molecular weight is 474 g/mol. The lowest BCUT2D eigenvalue weighted by atomic mass is 9.98. The quantitative estimate of drug-likeness (QED) is 0.364. The van der Waals surface area contributed by atoms with Crippen LogP contribution in [-0.4, -0.2) is 51.1 Å². The molecule has 1 amide bonds. The molecule has 0 aromatic heterocycles. The van der Waals surface area contributed by atoms with Crippen molar-refractivity contribution in [3.63, 3.8) is 0 Å². The number of aliphatic carboxylic acids is 1. The molecule has 0 saturated heterocycles. The first-order valence-corrected chi connectivity index (χ1v) is 12.0. The van der Waals surface area contributed by atoms with E-state index in [1.54, 1.807) is 6.07 Å². The summed E-state index contributed by atoms with van der Waals surface area (Å²) in [5.41, 5.74) is 3.13. The first-order valence-electron chi connectivity index (χ1n) is 10.5. The second kappa shape index (κ2) is 11.0. The maximum atomic E-state index is 12.3. The van der Waals surface area contributed by atoms with E-state index in [4.69, 9.17) is 4.74 Å². The molecule has 2 aromatic rings. The molecule has 4 N–H and O–H groups in total. The summed E-state index contributed by atoms with van der Waals surface area (Å²) in [6.07, 6.45) is 1.42. The van der Waals surface area contributed by atoms with Crippen LogP contribution in [0.2, 0.25) is 0 Å². The van der Waals surface area contributed by atoms with Crippen molar-refractivity contribution in [1.29, 1.82) is 0 Å². The van der Waals surface area contributed by atoms with Crippen molar-refractivity contribution in [1.82, 2.24) is 15.4 Å². The molecule has 0 spiro atoms. The van der Waals surface area contributed by atoms with Crippen LogP contribution >= 0.6 is 0 Å². The van der Waals surface area contributed by atoms with E-state index >= 15 is 0 Å². The molecule has 0 aliphatic carbocycles. The van der Waals surface area contributed by atoms with Gasteiger partial charge in [-0.2, -0.15) is 4.72 Å². The molecule has 1 aliphatic rings. The van der Waals surface area contributed by atoms with Gasteiger partial charge in [-0.3, -0.25) is 9.59 Å². The highest BCUT2D eigenvalue weighted by atomic mass is 32.2. The lowest BCUT2D eigenvalue weighted by Gasteiger charge is -2.20. The Balaban J connectivity index is 1.42. The van der Waals surface area contributed by atoms with Gasteiger partial charge in [-0.25, -0.2) is 8.42 Å². The van der Waals surface area contributed by atoms with Crippen molar-refractivity contribution in [2.45, 2.75) is 30.2 Å². The van der Waals surface area contributed by atoms with Crippen LogP contribution in [-0.2, 0) is 26.0 Å². The third-order valence-corrected chi connectivity index (χ3v) is 6.59. The second-order valence-electron chi connectivity index (χ2n) is 7.56. The number of amides is 1. The maximum Gasteiger partial charge on any atom is 0.323 e. The molecular weight excluding hydrogens is 446 g/mol. The summed E-state index contributed by atoms with van der Waals surface area (Å²) in [5.74, 6) is -1.06. The molecule has 3 rings (SSSR count). The van der Waals surface area contributed by atoms with Crippen LogP contribution in [0.25, 0.3) is 5.70 Å². The number of carbonyl (C=O) groups excluding carboxylic acids is 1. The van der Waals surface area contributed by atoms with E-state index in [1.165, 1.54) is 24.3 Å². The third kappa shape index (κ3) is 6.80. The fourth-order valence-corrected chi connectivity index (χ4v) is 4.58. The number of benzene rings is 2. The lowest BCUT2D eigenvalue weighted by Crippen LogP contribution is -2.48. The van der Waals surface area contributed by atoms with Gasteiger partial charge in [-0.05, 0) is 48.7 Å². The summed E-state index contributed by atoms with van der Waals surface area (Å²) in [5, 5.41) is 15.0. The molecule has 10 heteroatoms. The van der Waals surface area contributed by atoms with E-state index in [0.29, 0.717) is 18.8 Å². The van der Waals surface area contributed by atoms with Gasteiger partial charge in [0.1, 0.15) is 11.8 Å². The van der Waals surface area contributed by atoms with Crippen molar-refractivity contribution in [3.8, 4) is 5.75 Å². The van der Waals surface area contributed by atoms with Gasteiger partial charge >= 0.3 is 5.97 Å². The molecule has 2 aromatic carbocycles. The molecule has 176 valence electrons. The van der Waals surface area contributed by atoms with Crippen molar-refractivity contribution < 1.29 is 27.9 Å². The minimum absolute atomic E-state index is 0.0533. The Bertz CT molecular complexity index is 1120. The number of carboxylic acid groups (broad SMARTS) is 1. The largest absolute Gasteiger partial charge is 0.494 e. The number of sulfonamides is 1. The normalized spacial score (nSPS) is 14.0. The van der Waals surface area contributed by atoms with Crippen LogP contribution in [0.3, 0.4) is 0 Å². The molecule has 33 heavy (non-hydrogen) atoms. The zero-order valence-electron chi connectivity index (χ0n) is 18.0. The smallest absolute Gasteiger partial charge is 0.323 e. The SMILES string of the molecule is C=C1NCCc2cc(OCCCC(=O)NCC(NS(=O)(=O)c3ccccc3)C(=O)O)ccc21. The van der Waals surface area contributed by atoms with Crippen molar-refractivity contribution >= 4 is 27.6 Å². The topological polar surface area (TPSA) is 134 Å². The number of nitrogens with one attached hydrogen (secondary N) is 3. The molecule has 1 heterocycles. The van der Waals surface area contributed by atoms with Gasteiger partial charge in [0.25, 0.3) is 0 Å². The Kier molecular flexibility index (Phi) is 8.07.